The summed E-state index contributed by atoms with van der Waals surface area (Å²) in [4.78, 5) is 10.6. The van der Waals surface area contributed by atoms with Crippen LogP contribution in [-0.4, -0.2) is 19.2 Å². The van der Waals surface area contributed by atoms with E-state index in [9.17, 15) is 13.2 Å². The molecule has 0 aliphatic rings. The molecule has 1 amide bonds. The molecular weight excluding hydrogens is 250 g/mol. The minimum Gasteiger partial charge on any atom is -0.365 e. The van der Waals surface area contributed by atoms with Gasteiger partial charge in [-0.15, -0.1) is 0 Å². The Balaban J connectivity index is 2.28. The average molecular weight is 267 g/mol. The number of primary amides is 1. The summed E-state index contributed by atoms with van der Waals surface area (Å²) in [5.74, 6) is -0.841. The third-order valence-corrected chi connectivity index (χ3v) is 3.50. The second kappa shape index (κ2) is 7.66. The number of hydrogen-bond donors (Lipinski definition) is 1. The Labute approximate surface area is 108 Å². The SMILES string of the molecule is NC(=O)C(CCCCCc1ccccc1)=S(=O)=O. The molecule has 0 heterocycles. The van der Waals surface area contributed by atoms with Crippen molar-refractivity contribution in [2.24, 2.45) is 5.73 Å². The first kappa shape index (κ1) is 14.4. The molecule has 0 aliphatic carbocycles. The number of nitrogens with two attached hydrogens (primary N) is 1. The van der Waals surface area contributed by atoms with Gasteiger partial charge in [-0.1, -0.05) is 36.8 Å². The average Bonchev–Trinajstić information content (AvgIpc) is 2.34. The van der Waals surface area contributed by atoms with E-state index in [1.165, 1.54) is 5.56 Å². The number of amides is 1. The van der Waals surface area contributed by atoms with Gasteiger partial charge in [0.2, 0.25) is 10.3 Å². The summed E-state index contributed by atoms with van der Waals surface area (Å²) in [6.07, 6.45) is 3.72. The van der Waals surface area contributed by atoms with E-state index in [4.69, 9.17) is 5.73 Å². The monoisotopic (exact) mass is 267 g/mol. The van der Waals surface area contributed by atoms with Gasteiger partial charge in [0.25, 0.3) is 5.91 Å². The molecule has 0 saturated heterocycles. The molecule has 2 N–H and O–H groups in total. The lowest BCUT2D eigenvalue weighted by molar-refractivity contribution is -0.111. The van der Waals surface area contributed by atoms with Gasteiger partial charge >= 0.3 is 0 Å². The van der Waals surface area contributed by atoms with Gasteiger partial charge < -0.3 is 5.73 Å². The third-order valence-electron chi connectivity index (χ3n) is 2.69. The van der Waals surface area contributed by atoms with E-state index in [-0.39, 0.29) is 11.3 Å². The highest BCUT2D eigenvalue weighted by molar-refractivity contribution is 7.74. The number of unbranched alkanes of at least 4 members (excludes halogenated alkanes) is 2. The molecule has 0 radical (unpaired) electrons. The molecule has 1 aromatic rings. The molecule has 0 saturated carbocycles. The number of aryl methyl sites for hydroxylation is 1. The Hall–Kier alpha value is -1.62. The second-order valence-electron chi connectivity index (χ2n) is 4.07. The fraction of sp³-hybridized carbons (Fsp3) is 0.385. The number of benzene rings is 1. The van der Waals surface area contributed by atoms with Crippen molar-refractivity contribution in [3.63, 3.8) is 0 Å². The van der Waals surface area contributed by atoms with Crippen molar-refractivity contribution in [2.45, 2.75) is 32.1 Å². The van der Waals surface area contributed by atoms with Crippen LogP contribution in [-0.2, 0) is 21.5 Å². The summed E-state index contributed by atoms with van der Waals surface area (Å²) >= 11 is 0. The van der Waals surface area contributed by atoms with Crippen LogP contribution >= 0.6 is 0 Å². The lowest BCUT2D eigenvalue weighted by atomic mass is 10.1. The largest absolute Gasteiger partial charge is 0.365 e. The number of carbonyl (C=O) groups excluding carboxylic acids is 1. The first-order chi connectivity index (χ1) is 8.61. The molecule has 0 spiro atoms. The van der Waals surface area contributed by atoms with Crippen molar-refractivity contribution in [3.05, 3.63) is 35.9 Å². The molecule has 0 aliphatic heterocycles. The zero-order chi connectivity index (χ0) is 13.4. The molecule has 98 valence electrons. The van der Waals surface area contributed by atoms with E-state index in [1.807, 2.05) is 18.2 Å². The van der Waals surface area contributed by atoms with Gasteiger partial charge in [-0.2, -0.15) is 8.42 Å². The lowest BCUT2D eigenvalue weighted by Gasteiger charge is -2.01. The predicted molar refractivity (Wildman–Crippen MR) is 71.7 cm³/mol. The lowest BCUT2D eigenvalue weighted by Crippen LogP contribution is -2.23. The van der Waals surface area contributed by atoms with Crippen LogP contribution < -0.4 is 5.73 Å². The maximum absolute atomic E-state index is 10.8. The summed E-state index contributed by atoms with van der Waals surface area (Å²) in [5, 5.41) is 0. The highest BCUT2D eigenvalue weighted by atomic mass is 32.2. The first-order valence-corrected chi connectivity index (χ1v) is 6.97. The summed E-state index contributed by atoms with van der Waals surface area (Å²) in [7, 11) is -2.48. The van der Waals surface area contributed by atoms with Crippen LogP contribution in [0.4, 0.5) is 0 Å². The van der Waals surface area contributed by atoms with Gasteiger partial charge in [-0.3, -0.25) is 4.79 Å². The zero-order valence-electron chi connectivity index (χ0n) is 10.1. The summed E-state index contributed by atoms with van der Waals surface area (Å²) in [5.41, 5.74) is 6.24. The maximum Gasteiger partial charge on any atom is 0.260 e. The molecule has 1 aromatic carbocycles. The highest BCUT2D eigenvalue weighted by Crippen LogP contribution is 2.07. The van der Waals surface area contributed by atoms with Crippen molar-refractivity contribution < 1.29 is 13.2 Å². The van der Waals surface area contributed by atoms with Crippen LogP contribution in [0.1, 0.15) is 31.2 Å². The number of carbonyl (C=O) groups is 1. The Bertz CT molecular complexity index is 512. The summed E-state index contributed by atoms with van der Waals surface area (Å²) in [6.45, 7) is 0. The van der Waals surface area contributed by atoms with Crippen molar-refractivity contribution in [2.75, 3.05) is 0 Å². The molecule has 0 fully saturated rings. The van der Waals surface area contributed by atoms with Gasteiger partial charge in [0.05, 0.1) is 0 Å². The van der Waals surface area contributed by atoms with E-state index < -0.39 is 16.2 Å². The molecule has 0 bridgehead atoms. The number of rotatable bonds is 7. The van der Waals surface area contributed by atoms with E-state index in [0.717, 1.165) is 19.3 Å². The van der Waals surface area contributed by atoms with Gasteiger partial charge in [0.15, 0.2) is 0 Å². The van der Waals surface area contributed by atoms with Gasteiger partial charge in [-0.25, -0.2) is 0 Å². The Kier molecular flexibility index (Phi) is 6.14. The minimum atomic E-state index is -2.48. The van der Waals surface area contributed by atoms with Crippen LogP contribution in [0.3, 0.4) is 0 Å². The second-order valence-corrected chi connectivity index (χ2v) is 5.03. The maximum atomic E-state index is 10.8. The molecule has 0 unspecified atom stereocenters. The first-order valence-electron chi connectivity index (χ1n) is 5.90. The molecule has 0 aromatic heterocycles. The quantitative estimate of drug-likeness (QED) is 0.598. The molecule has 4 nitrogen and oxygen atoms in total. The zero-order valence-corrected chi connectivity index (χ0v) is 10.9. The van der Waals surface area contributed by atoms with Crippen LogP contribution in [0.2, 0.25) is 0 Å². The molecule has 0 atom stereocenters. The smallest absolute Gasteiger partial charge is 0.260 e. The topological polar surface area (TPSA) is 77.2 Å². The van der Waals surface area contributed by atoms with Crippen molar-refractivity contribution in [1.82, 2.24) is 0 Å². The van der Waals surface area contributed by atoms with Crippen LogP contribution in [0.5, 0.6) is 0 Å². The van der Waals surface area contributed by atoms with Crippen molar-refractivity contribution in [1.29, 1.82) is 0 Å². The Morgan fingerprint density at radius 3 is 2.28 bits per heavy atom. The fourth-order valence-corrected chi connectivity index (χ4v) is 2.20. The van der Waals surface area contributed by atoms with E-state index in [1.54, 1.807) is 0 Å². The molecule has 5 heteroatoms. The summed E-state index contributed by atoms with van der Waals surface area (Å²) < 4.78 is 21.4. The standard InChI is InChI=1S/C13H17NO3S/c14-13(15)12(18(16)17)10-6-2-5-9-11-7-3-1-4-8-11/h1,3-4,7-8H,2,5-6,9-10H2,(H2,14,15). The van der Waals surface area contributed by atoms with Gasteiger partial charge in [0.1, 0.15) is 4.86 Å². The van der Waals surface area contributed by atoms with Crippen molar-refractivity contribution in [3.8, 4) is 0 Å². The molecular formula is C13H17NO3S. The number of hydrogen-bond acceptors (Lipinski definition) is 3. The fourth-order valence-electron chi connectivity index (χ4n) is 1.72. The Morgan fingerprint density at radius 2 is 1.72 bits per heavy atom. The minimum absolute atomic E-state index is 0.199. The molecule has 1 rings (SSSR count). The van der Waals surface area contributed by atoms with Crippen LogP contribution in [0.25, 0.3) is 0 Å². The normalized spacial score (nSPS) is 10.0. The predicted octanol–water partition coefficient (Wildman–Crippen LogP) is 1.33. The third kappa shape index (κ3) is 5.14. The van der Waals surface area contributed by atoms with Crippen LogP contribution in [0, 0.1) is 0 Å². The Morgan fingerprint density at radius 1 is 1.06 bits per heavy atom. The van der Waals surface area contributed by atoms with Crippen LogP contribution in [0.15, 0.2) is 30.3 Å². The van der Waals surface area contributed by atoms with E-state index >= 15 is 0 Å². The van der Waals surface area contributed by atoms with Crippen molar-refractivity contribution >= 4 is 21.1 Å². The van der Waals surface area contributed by atoms with E-state index in [2.05, 4.69) is 12.1 Å². The van der Waals surface area contributed by atoms with Gasteiger partial charge in [0, 0.05) is 0 Å². The van der Waals surface area contributed by atoms with Gasteiger partial charge in [-0.05, 0) is 31.2 Å². The molecule has 18 heavy (non-hydrogen) atoms. The van der Waals surface area contributed by atoms with E-state index in [0.29, 0.717) is 6.42 Å². The highest BCUT2D eigenvalue weighted by Gasteiger charge is 2.08. The summed E-state index contributed by atoms with van der Waals surface area (Å²) in [6, 6.07) is 10.1.